The van der Waals surface area contributed by atoms with E-state index >= 15 is 0 Å². The second-order valence-corrected chi connectivity index (χ2v) is 14.3. The van der Waals surface area contributed by atoms with E-state index in [0.717, 1.165) is 0 Å². The average Bonchev–Trinajstić information content (AvgIpc) is 2.57. The summed E-state index contributed by atoms with van der Waals surface area (Å²) in [5.41, 5.74) is 3.31. The van der Waals surface area contributed by atoms with Gasteiger partial charge in [-0.2, -0.15) is 16.8 Å². The summed E-state index contributed by atoms with van der Waals surface area (Å²) in [5.74, 6) is 0. The molecule has 0 aromatic heterocycles. The molecule has 0 aliphatic rings. The predicted octanol–water partition coefficient (Wildman–Crippen LogP) is 1.34. The summed E-state index contributed by atoms with van der Waals surface area (Å²) in [6.45, 7) is 13.6. The van der Waals surface area contributed by atoms with E-state index in [1.54, 1.807) is 0 Å². The standard InChI is InChI=1S/C20H26I.3FHO3S/c1-19(2,3)15-7-11-17(12-8-15)21-18-13-9-16(10-14-18)20(4,5)6;3*1-5(2,3)4/h7-14H,1-6H3;3*(H,2,3,4)/q+1;;;/p-1. The zero-order valence-electron chi connectivity index (χ0n) is 20.1. The van der Waals surface area contributed by atoms with Crippen molar-refractivity contribution in [2.24, 2.45) is 0 Å². The van der Waals surface area contributed by atoms with Crippen molar-refractivity contribution in [3.8, 4) is 0 Å². The van der Waals surface area contributed by atoms with E-state index in [2.05, 4.69) is 90.1 Å². The van der Waals surface area contributed by atoms with E-state index in [4.69, 9.17) is 38.9 Å². The molecule has 0 aliphatic carbocycles. The van der Waals surface area contributed by atoms with Gasteiger partial charge in [-0.05, 0) is 46.2 Å². The fourth-order valence-electron chi connectivity index (χ4n) is 2.15. The van der Waals surface area contributed by atoms with Crippen molar-refractivity contribution < 1.29 is 71.8 Å². The van der Waals surface area contributed by atoms with Gasteiger partial charge in [0.1, 0.15) is 0 Å². The Kier molecular flexibility index (Phi) is 14.9. The first-order valence-electron chi connectivity index (χ1n) is 9.52. The maximum Gasteiger partial charge on any atom is 0.435 e. The summed E-state index contributed by atoms with van der Waals surface area (Å²) >= 11 is -0.0703. The normalized spacial score (nSPS) is 12.1. The van der Waals surface area contributed by atoms with Crippen LogP contribution in [-0.2, 0) is 42.3 Å². The fourth-order valence-corrected chi connectivity index (χ4v) is 4.31. The minimum Gasteiger partial charge on any atom is -0.722 e. The van der Waals surface area contributed by atoms with E-state index < -0.39 is 31.5 Å². The second kappa shape index (κ2) is 14.6. The number of benzene rings is 2. The lowest BCUT2D eigenvalue weighted by atomic mass is 9.87. The zero-order valence-corrected chi connectivity index (χ0v) is 24.7. The summed E-state index contributed by atoms with van der Waals surface area (Å²) < 4.78 is 106. The molecule has 0 atom stereocenters. The van der Waals surface area contributed by atoms with Crippen LogP contribution < -0.4 is 21.2 Å². The third kappa shape index (κ3) is 27.3. The second-order valence-electron chi connectivity index (χ2n) is 8.83. The molecule has 0 saturated heterocycles. The van der Waals surface area contributed by atoms with Crippen LogP contribution in [0, 0.1) is 7.14 Å². The fraction of sp³-hybridized carbons (Fsp3) is 0.400. The van der Waals surface area contributed by atoms with Crippen LogP contribution in [0.1, 0.15) is 52.7 Å². The Labute approximate surface area is 221 Å². The highest BCUT2D eigenvalue weighted by Gasteiger charge is 2.20. The van der Waals surface area contributed by atoms with Gasteiger partial charge in [0.15, 0.2) is 7.14 Å². The lowest BCUT2D eigenvalue weighted by molar-refractivity contribution is -0.597. The molecule has 0 bridgehead atoms. The number of rotatable bonds is 2. The van der Waals surface area contributed by atoms with Gasteiger partial charge in [0.05, 0.1) is 0 Å². The van der Waals surface area contributed by atoms with Crippen LogP contribution in [0.4, 0.5) is 11.7 Å². The highest BCUT2D eigenvalue weighted by molar-refractivity contribution is 7.80. The van der Waals surface area contributed by atoms with Crippen LogP contribution in [0.25, 0.3) is 0 Å². The Morgan fingerprint density at radius 1 is 0.611 bits per heavy atom. The molecule has 9 nitrogen and oxygen atoms in total. The molecule has 0 amide bonds. The van der Waals surface area contributed by atoms with E-state index in [1.165, 1.54) is 18.3 Å². The summed E-state index contributed by atoms with van der Waals surface area (Å²) in [6, 6.07) is 18.4. The van der Waals surface area contributed by atoms with Crippen LogP contribution in [0.2, 0.25) is 0 Å². The van der Waals surface area contributed by atoms with Crippen molar-refractivity contribution in [3.05, 3.63) is 66.8 Å². The van der Waals surface area contributed by atoms with Gasteiger partial charge in [-0.25, -0.2) is 8.42 Å². The van der Waals surface area contributed by atoms with Crippen molar-refractivity contribution in [1.82, 2.24) is 0 Å². The van der Waals surface area contributed by atoms with Crippen molar-refractivity contribution in [2.45, 2.75) is 52.4 Å². The summed E-state index contributed by atoms with van der Waals surface area (Å²) in [6.07, 6.45) is 0. The van der Waals surface area contributed by atoms with Crippen LogP contribution in [0.3, 0.4) is 0 Å². The maximum atomic E-state index is 10.2. The van der Waals surface area contributed by atoms with Crippen molar-refractivity contribution in [1.29, 1.82) is 0 Å². The molecule has 0 fully saturated rings. The molecule has 2 N–H and O–H groups in total. The summed E-state index contributed by atoms with van der Waals surface area (Å²) in [7, 11) is -15.7. The minimum absolute atomic E-state index is 0.0703. The van der Waals surface area contributed by atoms with Gasteiger partial charge in [0, 0.05) is 0 Å². The van der Waals surface area contributed by atoms with Gasteiger partial charge in [0.25, 0.3) is 10.5 Å². The number of hydrogen-bond donors (Lipinski definition) is 2. The summed E-state index contributed by atoms with van der Waals surface area (Å²) in [5, 5.41) is 0. The quantitative estimate of drug-likeness (QED) is 0.269. The van der Waals surface area contributed by atoms with Gasteiger partial charge >= 0.3 is 42.2 Å². The monoisotopic (exact) mass is 692 g/mol. The van der Waals surface area contributed by atoms with Crippen LogP contribution in [0.15, 0.2) is 48.5 Å². The van der Waals surface area contributed by atoms with Crippen molar-refractivity contribution in [2.75, 3.05) is 0 Å². The molecule has 16 heteroatoms. The van der Waals surface area contributed by atoms with Gasteiger partial charge < -0.3 is 4.55 Å². The molecule has 208 valence electrons. The molecule has 0 unspecified atom stereocenters. The first kappa shape index (κ1) is 36.8. The molecule has 0 radical (unpaired) electrons. The van der Waals surface area contributed by atoms with Crippen molar-refractivity contribution >= 4 is 31.5 Å². The molecule has 2 aromatic rings. The highest BCUT2D eigenvalue weighted by atomic mass is 127. The highest BCUT2D eigenvalue weighted by Crippen LogP contribution is 2.21. The Bertz CT molecular complexity index is 1100. The number of hydrogen-bond acceptors (Lipinski definition) is 7. The minimum atomic E-state index is -5.42. The Balaban J connectivity index is 0. The van der Waals surface area contributed by atoms with Gasteiger partial charge in [-0.3, -0.25) is 9.11 Å². The molecule has 0 spiro atoms. The Hall–Kier alpha value is -1.31. The van der Waals surface area contributed by atoms with E-state index in [0.29, 0.717) is 0 Å². The SMILES string of the molecule is CC(C)(C)c1ccc([I+]c2ccc(C(C)(C)C)cc2)cc1.O=S(=O)(O)F.O=S(=O)(O)F.O=S(=O)([O-])F. The zero-order chi connectivity index (χ0) is 29.2. The summed E-state index contributed by atoms with van der Waals surface area (Å²) in [4.78, 5) is 0. The van der Waals surface area contributed by atoms with Crippen LogP contribution >= 0.6 is 0 Å². The lowest BCUT2D eigenvalue weighted by Crippen LogP contribution is -3.61. The van der Waals surface area contributed by atoms with Crippen LogP contribution in [-0.4, -0.2) is 38.9 Å². The van der Waals surface area contributed by atoms with E-state index in [1.807, 2.05) is 0 Å². The molecule has 36 heavy (non-hydrogen) atoms. The number of halogens is 4. The predicted molar refractivity (Wildman–Crippen MR) is 124 cm³/mol. The first-order chi connectivity index (χ1) is 15.7. The Morgan fingerprint density at radius 3 is 0.917 bits per heavy atom. The van der Waals surface area contributed by atoms with E-state index in [9.17, 15) is 11.7 Å². The Morgan fingerprint density at radius 2 is 0.778 bits per heavy atom. The average molecular weight is 693 g/mol. The lowest BCUT2D eigenvalue weighted by Gasteiger charge is -2.18. The first-order valence-corrected chi connectivity index (χ1v) is 15.7. The largest absolute Gasteiger partial charge is 0.722 e. The molecule has 0 aliphatic heterocycles. The van der Waals surface area contributed by atoms with Gasteiger partial charge in [-0.15, -0.1) is 3.89 Å². The third-order valence-electron chi connectivity index (χ3n) is 3.64. The molecular weight excluding hydrogens is 664 g/mol. The molecular formula is C20H28F3IO9S3. The molecule has 2 aromatic carbocycles. The maximum absolute atomic E-state index is 10.2. The van der Waals surface area contributed by atoms with Gasteiger partial charge in [-0.1, -0.05) is 73.6 Å². The van der Waals surface area contributed by atoms with Crippen LogP contribution in [0.5, 0.6) is 0 Å². The third-order valence-corrected chi connectivity index (χ3v) is 6.32. The molecule has 0 heterocycles. The van der Waals surface area contributed by atoms with Gasteiger partial charge in [0.2, 0.25) is 0 Å². The van der Waals surface area contributed by atoms with E-state index in [-0.39, 0.29) is 32.0 Å². The molecule has 2 rings (SSSR count). The smallest absolute Gasteiger partial charge is 0.435 e. The van der Waals surface area contributed by atoms with Crippen molar-refractivity contribution in [3.63, 3.8) is 0 Å². The topological polar surface area (TPSA) is 166 Å². The molecule has 0 saturated carbocycles.